The molecule has 0 aromatic heterocycles. The highest BCUT2D eigenvalue weighted by atomic mass is 35.5. The summed E-state index contributed by atoms with van der Waals surface area (Å²) in [6.45, 7) is 34.5. The molecule has 0 radical (unpaired) electrons. The number of nitrogens with one attached hydrogen (secondary N) is 1. The zero-order chi connectivity index (χ0) is 49.8. The van der Waals surface area contributed by atoms with Crippen molar-refractivity contribution in [3.8, 4) is 0 Å². The van der Waals surface area contributed by atoms with Crippen molar-refractivity contribution in [1.82, 2.24) is 20.0 Å². The van der Waals surface area contributed by atoms with Gasteiger partial charge in [-0.1, -0.05) is 27.5 Å². The molecule has 6 aliphatic rings. The van der Waals surface area contributed by atoms with E-state index in [2.05, 4.69) is 18.5 Å². The lowest BCUT2D eigenvalue weighted by molar-refractivity contribution is -0.0199. The molecule has 4 atom stereocenters. The largest absolute Gasteiger partial charge is 0.494 e. The van der Waals surface area contributed by atoms with Gasteiger partial charge in [0.1, 0.15) is 22.9 Å². The van der Waals surface area contributed by atoms with Gasteiger partial charge in [0.05, 0.1) is 109 Å². The fourth-order valence-electron chi connectivity index (χ4n) is 5.85. The Kier molecular flexibility index (Phi) is 38.4. The van der Waals surface area contributed by atoms with E-state index in [9.17, 15) is 19.5 Å². The highest BCUT2D eigenvalue weighted by Gasteiger charge is 2.32. The van der Waals surface area contributed by atoms with Crippen LogP contribution >= 0.6 is 12.4 Å². The smallest absolute Gasteiger partial charge is 0.410 e. The number of carbonyl (C=O) groups is 3. The molecule has 69 heavy (non-hydrogen) atoms. The number of carbonyl (C=O) groups excluding carboxylic acids is 3. The molecule has 410 valence electrons. The van der Waals surface area contributed by atoms with Crippen LogP contribution < -0.4 is 5.32 Å². The van der Waals surface area contributed by atoms with Gasteiger partial charge in [-0.2, -0.15) is 0 Å². The van der Waals surface area contributed by atoms with Crippen molar-refractivity contribution in [1.29, 1.82) is 0 Å². The number of halogens is 1. The molecule has 2 aliphatic carbocycles. The summed E-state index contributed by atoms with van der Waals surface area (Å²) < 4.78 is 53.9. The molecule has 0 aromatic rings. The van der Waals surface area contributed by atoms with E-state index in [0.717, 1.165) is 46.3 Å². The van der Waals surface area contributed by atoms with Gasteiger partial charge in [0, 0.05) is 39.8 Å². The Morgan fingerprint density at radius 2 is 0.928 bits per heavy atom. The summed E-state index contributed by atoms with van der Waals surface area (Å²) in [4.78, 5) is 40.3. The van der Waals surface area contributed by atoms with E-state index in [1.54, 1.807) is 15.9 Å². The third-order valence-electron chi connectivity index (χ3n) is 8.87. The predicted molar refractivity (Wildman–Crippen MR) is 271 cm³/mol. The molecule has 3 N–H and O–H groups in total. The molecule has 4 heterocycles. The number of allylic oxidation sites excluding steroid dienone is 1. The number of aliphatic hydroxyl groups is 2. The summed E-state index contributed by atoms with van der Waals surface area (Å²) >= 11 is 0. The second-order valence-electron chi connectivity index (χ2n) is 19.2. The topological polar surface area (TPSA) is 206 Å². The van der Waals surface area contributed by atoms with E-state index in [-0.39, 0.29) is 64.8 Å². The SMILES string of the molecule is C.C.C1COCC(OC2CC2)CN1.C=CC.C=COC1COCCN(C(=O)OC(C)(C)C)C1.CC(C)(C)OC(=O)N1CCOCC(O)C1.CC(C)(C)OC(=O)N1CCOCC(OC2CC2)C1.CO.Cl. The van der Waals surface area contributed by atoms with Gasteiger partial charge in [-0.25, -0.2) is 14.4 Å². The van der Waals surface area contributed by atoms with Crippen molar-refractivity contribution in [2.24, 2.45) is 0 Å². The highest BCUT2D eigenvalue weighted by Crippen LogP contribution is 2.26. The van der Waals surface area contributed by atoms with Crippen molar-refractivity contribution in [3.05, 3.63) is 25.5 Å². The second kappa shape index (κ2) is 37.7. The number of aliphatic hydroxyl groups excluding tert-OH is 2. The first-order chi connectivity index (χ1) is 31.1. The molecule has 4 unspecified atom stereocenters. The number of nitrogens with zero attached hydrogens (tertiary/aromatic N) is 3. The molecule has 2 saturated carbocycles. The van der Waals surface area contributed by atoms with E-state index in [1.807, 2.05) is 69.2 Å². The van der Waals surface area contributed by atoms with Crippen LogP contribution in [0.4, 0.5) is 14.4 Å². The summed E-state index contributed by atoms with van der Waals surface area (Å²) in [6.07, 6.45) is 7.25. The van der Waals surface area contributed by atoms with Gasteiger partial charge >= 0.3 is 18.3 Å². The fourth-order valence-corrected chi connectivity index (χ4v) is 5.85. The number of ether oxygens (including phenoxy) is 10. The van der Waals surface area contributed by atoms with Gasteiger partial charge in [0.15, 0.2) is 0 Å². The average molecular weight is 1020 g/mol. The first-order valence-corrected chi connectivity index (χ1v) is 23.3. The number of hydrogen-bond acceptors (Lipinski definition) is 16. The molecule has 20 heteroatoms. The normalized spacial score (nSPS) is 22.7. The maximum Gasteiger partial charge on any atom is 0.410 e. The van der Waals surface area contributed by atoms with Crippen LogP contribution in [0.2, 0.25) is 0 Å². The maximum atomic E-state index is 12.0. The predicted octanol–water partition coefficient (Wildman–Crippen LogP) is 6.85. The lowest BCUT2D eigenvalue weighted by Crippen LogP contribution is -2.42. The molecule has 0 spiro atoms. The molecule has 0 aromatic carbocycles. The average Bonchev–Trinajstić information content (AvgIpc) is 4.10. The maximum absolute atomic E-state index is 12.0. The van der Waals surface area contributed by atoms with Crippen LogP contribution in [0.1, 0.15) is 110 Å². The lowest BCUT2D eigenvalue weighted by Gasteiger charge is -2.27. The zero-order valence-electron chi connectivity index (χ0n) is 42.6. The Bertz CT molecular complexity index is 1350. The van der Waals surface area contributed by atoms with E-state index in [0.29, 0.717) is 84.1 Å². The van der Waals surface area contributed by atoms with Crippen molar-refractivity contribution in [2.75, 3.05) is 112 Å². The van der Waals surface area contributed by atoms with Crippen LogP contribution in [-0.2, 0) is 47.4 Å². The minimum atomic E-state index is -0.625. The summed E-state index contributed by atoms with van der Waals surface area (Å²) in [5, 5.41) is 19.7. The summed E-state index contributed by atoms with van der Waals surface area (Å²) in [5.41, 5.74) is -1.45. The summed E-state index contributed by atoms with van der Waals surface area (Å²) in [6, 6.07) is 0. The van der Waals surface area contributed by atoms with Gasteiger partial charge in [-0.05, 0) is 94.9 Å². The number of hydrogen-bond donors (Lipinski definition) is 3. The Hall–Kier alpha value is -2.98. The zero-order valence-corrected chi connectivity index (χ0v) is 43.4. The van der Waals surface area contributed by atoms with Gasteiger partial charge in [-0.15, -0.1) is 19.0 Å². The van der Waals surface area contributed by atoms with Crippen LogP contribution in [0.15, 0.2) is 25.5 Å². The van der Waals surface area contributed by atoms with Gasteiger partial charge in [-0.3, -0.25) is 0 Å². The molecule has 6 rings (SSSR count). The van der Waals surface area contributed by atoms with E-state index >= 15 is 0 Å². The molecule has 19 nitrogen and oxygen atoms in total. The molecule has 6 fully saturated rings. The quantitative estimate of drug-likeness (QED) is 0.141. The van der Waals surface area contributed by atoms with Crippen molar-refractivity contribution in [2.45, 2.75) is 163 Å². The van der Waals surface area contributed by atoms with Crippen LogP contribution in [0.5, 0.6) is 0 Å². The Balaban J connectivity index is -0.000000811. The fraction of sp³-hybridized carbons (Fsp3) is 0.857. The molecular formula is C49H97ClN4O15. The van der Waals surface area contributed by atoms with E-state index < -0.39 is 29.0 Å². The second-order valence-corrected chi connectivity index (χ2v) is 19.2. The van der Waals surface area contributed by atoms with Crippen molar-refractivity contribution in [3.63, 3.8) is 0 Å². The van der Waals surface area contributed by atoms with Crippen LogP contribution in [0.3, 0.4) is 0 Å². The monoisotopic (exact) mass is 1020 g/mol. The first-order valence-electron chi connectivity index (χ1n) is 23.3. The summed E-state index contributed by atoms with van der Waals surface area (Å²) in [7, 11) is 1.00. The lowest BCUT2D eigenvalue weighted by atomic mass is 10.2. The van der Waals surface area contributed by atoms with E-state index in [4.69, 9.17) is 52.5 Å². The van der Waals surface area contributed by atoms with Crippen LogP contribution in [-0.4, -0.2) is 209 Å². The van der Waals surface area contributed by atoms with Crippen LogP contribution in [0, 0.1) is 0 Å². The van der Waals surface area contributed by atoms with Crippen molar-refractivity contribution >= 4 is 30.7 Å². The third-order valence-corrected chi connectivity index (χ3v) is 8.87. The molecule has 4 aliphatic heterocycles. The van der Waals surface area contributed by atoms with Crippen LogP contribution in [0.25, 0.3) is 0 Å². The van der Waals surface area contributed by atoms with Gasteiger partial charge < -0.3 is 77.6 Å². The van der Waals surface area contributed by atoms with Crippen molar-refractivity contribution < 1.29 is 72.0 Å². The molecular weight excluding hydrogens is 920 g/mol. The summed E-state index contributed by atoms with van der Waals surface area (Å²) in [5.74, 6) is 0. The number of β-amino-alcohol motifs (C(OH)–C–C–N with tert-alkyl or cyclic N) is 1. The Labute approximate surface area is 422 Å². The first kappa shape index (κ1) is 70.3. The molecule has 0 bridgehead atoms. The standard InChI is InChI=1S/C13H23NO4.C12H21NO4.C10H19NO4.C8H15NO2.C3H6.CH4O.2CH4.ClH/c1-13(2,3)18-12(15)14-6-7-16-9-11(8-14)17-10-4-5-10;1-5-16-10-8-13(6-7-15-9-10)11(14)17-12(2,3)4;1-10(2,3)15-9(13)11-4-5-14-7-8(12)6-11;1-2-7(1)11-8-5-9-3-4-10-6-8;1-3-2;1-2;;;/h10-11H,4-9H2,1-3H3;5,10H,1,6-9H2,2-4H3;8,12H,4-7H2,1-3H3;7-9H,1-6H2;3H,1H2,2H3;2H,1H3;2*1H4;1H. The molecule has 4 saturated heterocycles. The van der Waals surface area contributed by atoms with E-state index in [1.165, 1.54) is 24.0 Å². The molecule has 3 amide bonds. The van der Waals surface area contributed by atoms with Gasteiger partial charge in [0.2, 0.25) is 0 Å². The number of rotatable bonds is 6. The minimum absolute atomic E-state index is 0. The highest BCUT2D eigenvalue weighted by molar-refractivity contribution is 5.85. The van der Waals surface area contributed by atoms with Gasteiger partial charge in [0.25, 0.3) is 0 Å². The Morgan fingerprint density at radius 1 is 0.580 bits per heavy atom. The third kappa shape index (κ3) is 37.5. The Morgan fingerprint density at radius 3 is 1.33 bits per heavy atom. The number of amides is 3. The minimum Gasteiger partial charge on any atom is -0.494 e.